The molecule has 0 aromatic heterocycles. The van der Waals surface area contributed by atoms with Gasteiger partial charge in [0, 0.05) is 6.99 Å². The molecule has 128 valence electrons. The fourth-order valence-corrected chi connectivity index (χ4v) is 4.22. The lowest BCUT2D eigenvalue weighted by atomic mass is 9.71. The first-order valence-corrected chi connectivity index (χ1v) is 8.81. The number of benzene rings is 1. The molecule has 0 bridgehead atoms. The minimum absolute atomic E-state index is 0. The Bertz CT molecular complexity index is 592. The maximum Gasteiger partial charge on any atom is 0.201 e. The first-order chi connectivity index (χ1) is 11.1. The highest BCUT2D eigenvalue weighted by Crippen LogP contribution is 2.41. The molecule has 0 heterocycles. The van der Waals surface area contributed by atoms with Crippen molar-refractivity contribution in [2.75, 3.05) is 7.11 Å². The van der Waals surface area contributed by atoms with Crippen molar-refractivity contribution in [3.8, 4) is 5.75 Å². The van der Waals surface area contributed by atoms with Gasteiger partial charge in [0.05, 0.1) is 7.11 Å². The largest absolute Gasteiger partial charge is 0.494 e. The predicted molar refractivity (Wildman–Crippen MR) is 91.5 cm³/mol. The van der Waals surface area contributed by atoms with Gasteiger partial charge in [0.1, 0.15) is 0 Å². The van der Waals surface area contributed by atoms with Crippen molar-refractivity contribution in [3.05, 3.63) is 35.4 Å². The van der Waals surface area contributed by atoms with Crippen molar-refractivity contribution in [1.82, 2.24) is 0 Å². The highest BCUT2D eigenvalue weighted by molar-refractivity contribution is 5.67. The lowest BCUT2D eigenvalue weighted by Crippen LogP contribution is -2.22. The number of halogens is 2. The van der Waals surface area contributed by atoms with Gasteiger partial charge in [-0.25, -0.2) is 4.39 Å². The van der Waals surface area contributed by atoms with Crippen LogP contribution in [-0.2, 0) is 0 Å². The van der Waals surface area contributed by atoms with E-state index in [1.807, 2.05) is 0 Å². The molecule has 0 saturated heterocycles. The van der Waals surface area contributed by atoms with Crippen molar-refractivity contribution in [2.24, 2.45) is 17.8 Å². The predicted octanol–water partition coefficient (Wildman–Crippen LogP) is 6.23. The molecular weight excluding hydrogens is 294 g/mol. The van der Waals surface area contributed by atoms with Gasteiger partial charge in [0.15, 0.2) is 11.6 Å². The first-order valence-electron chi connectivity index (χ1n) is 8.81. The highest BCUT2D eigenvalue weighted by atomic mass is 19.2. The molecule has 0 spiro atoms. The number of methoxy groups -OCH3 is 1. The van der Waals surface area contributed by atoms with E-state index in [1.54, 1.807) is 6.07 Å². The lowest BCUT2D eigenvalue weighted by molar-refractivity contribution is 0.202. The van der Waals surface area contributed by atoms with E-state index in [0.717, 1.165) is 42.6 Å². The molecule has 0 N–H and O–H groups in total. The summed E-state index contributed by atoms with van der Waals surface area (Å²) in [5.41, 5.74) is 1.35. The Morgan fingerprint density at radius 2 is 1.74 bits per heavy atom. The second-order valence-electron chi connectivity index (χ2n) is 7.23. The summed E-state index contributed by atoms with van der Waals surface area (Å²) >= 11 is 0. The summed E-state index contributed by atoms with van der Waals surface area (Å²) in [6, 6.07) is 3.16. The van der Waals surface area contributed by atoms with E-state index in [-0.39, 0.29) is 7.18 Å². The van der Waals surface area contributed by atoms with Gasteiger partial charge in [-0.3, -0.25) is 0 Å². The smallest absolute Gasteiger partial charge is 0.201 e. The minimum Gasteiger partial charge on any atom is -0.494 e. The van der Waals surface area contributed by atoms with Crippen LogP contribution in [0, 0.1) is 29.4 Å². The van der Waals surface area contributed by atoms with Crippen LogP contribution >= 0.6 is 0 Å². The van der Waals surface area contributed by atoms with Crippen LogP contribution in [0.3, 0.4) is 0 Å². The van der Waals surface area contributed by atoms with Crippen LogP contribution in [0.2, 0.25) is 0 Å². The number of rotatable bonds is 3. The third-order valence-corrected chi connectivity index (χ3v) is 5.79. The van der Waals surface area contributed by atoms with Crippen molar-refractivity contribution in [1.29, 1.82) is 0 Å². The van der Waals surface area contributed by atoms with Crippen LogP contribution in [0.5, 0.6) is 5.75 Å². The number of hydrogen-bond acceptors (Lipinski definition) is 1. The van der Waals surface area contributed by atoms with Gasteiger partial charge in [-0.1, -0.05) is 25.8 Å². The molecule has 23 heavy (non-hydrogen) atoms. The van der Waals surface area contributed by atoms with Crippen molar-refractivity contribution >= 4 is 5.57 Å². The molecule has 3 heteroatoms. The molecule has 2 aliphatic rings. The fraction of sp³-hybridized carbons (Fsp3) is 0.600. The molecule has 0 radical (unpaired) electrons. The van der Waals surface area contributed by atoms with Crippen LogP contribution in [0.25, 0.3) is 5.57 Å². The van der Waals surface area contributed by atoms with Crippen molar-refractivity contribution < 1.29 is 14.9 Å². The molecule has 2 aliphatic carbocycles. The molecule has 1 atom stereocenters. The van der Waals surface area contributed by atoms with Gasteiger partial charge in [-0.2, -0.15) is 4.39 Å². The summed E-state index contributed by atoms with van der Waals surface area (Å²) in [4.78, 5) is 0. The third-order valence-electron chi connectivity index (χ3n) is 5.79. The van der Waals surface area contributed by atoms with Gasteiger partial charge >= 0.3 is 0 Å². The lowest BCUT2D eigenvalue weighted by Gasteiger charge is -2.34. The summed E-state index contributed by atoms with van der Waals surface area (Å²) in [5.74, 6) is 0.725. The van der Waals surface area contributed by atoms with Crippen molar-refractivity contribution in [2.45, 2.75) is 51.9 Å². The monoisotopic (exact) mass is 322 g/mol. The fourth-order valence-electron chi connectivity index (χ4n) is 4.22. The van der Waals surface area contributed by atoms with Crippen LogP contribution in [-0.4, -0.2) is 7.11 Å². The third kappa shape index (κ3) is 3.44. The summed E-state index contributed by atoms with van der Waals surface area (Å²) in [6.45, 7) is 2.34. The van der Waals surface area contributed by atoms with E-state index in [2.05, 4.69) is 13.0 Å². The highest BCUT2D eigenvalue weighted by Gasteiger charge is 2.28. The SMILES string of the molecule is COc1ccc(C2=CCC(C3CCC(C)CC3)CC2)c(F)c1F.[HH]. The maximum absolute atomic E-state index is 14.2. The zero-order chi connectivity index (χ0) is 16.4. The molecule has 1 nitrogen and oxygen atoms in total. The Labute approximate surface area is 139 Å². The quantitative estimate of drug-likeness (QED) is 0.641. The molecule has 1 aromatic rings. The van der Waals surface area contributed by atoms with Crippen molar-refractivity contribution in [3.63, 3.8) is 0 Å². The van der Waals surface area contributed by atoms with Crippen LogP contribution < -0.4 is 4.74 Å². The molecule has 0 amide bonds. The molecular formula is C20H28F2O. The summed E-state index contributed by atoms with van der Waals surface area (Å²) in [5, 5.41) is 0. The number of ether oxygens (including phenoxy) is 1. The Morgan fingerprint density at radius 1 is 1.00 bits per heavy atom. The van der Waals surface area contributed by atoms with E-state index >= 15 is 0 Å². The molecule has 0 aliphatic heterocycles. The summed E-state index contributed by atoms with van der Waals surface area (Å²) < 4.78 is 33.0. The van der Waals surface area contributed by atoms with Gasteiger partial charge in [0.2, 0.25) is 5.82 Å². The van der Waals surface area contributed by atoms with Gasteiger partial charge in [0.25, 0.3) is 0 Å². The van der Waals surface area contributed by atoms with Gasteiger partial charge < -0.3 is 4.74 Å². The van der Waals surface area contributed by atoms with Crippen LogP contribution in [0.15, 0.2) is 18.2 Å². The second-order valence-corrected chi connectivity index (χ2v) is 7.23. The molecule has 3 rings (SSSR count). The average Bonchev–Trinajstić information content (AvgIpc) is 2.58. The zero-order valence-corrected chi connectivity index (χ0v) is 14.1. The Balaban J connectivity index is 0.00000208. The average molecular weight is 322 g/mol. The zero-order valence-electron chi connectivity index (χ0n) is 14.1. The topological polar surface area (TPSA) is 9.23 Å². The second kappa shape index (κ2) is 7.02. The van der Waals surface area contributed by atoms with Gasteiger partial charge in [-0.05, 0) is 67.6 Å². The molecule has 1 aromatic carbocycles. The Morgan fingerprint density at radius 3 is 2.35 bits per heavy atom. The van der Waals surface area contributed by atoms with Gasteiger partial charge in [-0.15, -0.1) is 0 Å². The van der Waals surface area contributed by atoms with E-state index in [4.69, 9.17) is 4.74 Å². The Kier molecular flexibility index (Phi) is 5.03. The van der Waals surface area contributed by atoms with E-state index < -0.39 is 11.6 Å². The van der Waals surface area contributed by atoms with Crippen LogP contribution in [0.4, 0.5) is 8.78 Å². The molecule has 1 unspecified atom stereocenters. The molecule has 1 saturated carbocycles. The molecule has 1 fully saturated rings. The minimum atomic E-state index is -0.880. The number of allylic oxidation sites excluding steroid dienone is 2. The maximum atomic E-state index is 14.2. The van der Waals surface area contributed by atoms with E-state index in [0.29, 0.717) is 5.56 Å². The summed E-state index contributed by atoms with van der Waals surface area (Å²) in [6.07, 6.45) is 10.4. The first kappa shape index (κ1) is 16.5. The number of hydrogen-bond donors (Lipinski definition) is 0. The van der Waals surface area contributed by atoms with E-state index in [9.17, 15) is 8.78 Å². The van der Waals surface area contributed by atoms with Crippen LogP contribution in [0.1, 0.15) is 58.9 Å². The van der Waals surface area contributed by atoms with E-state index in [1.165, 1.54) is 38.9 Å². The summed E-state index contributed by atoms with van der Waals surface area (Å²) in [7, 11) is 1.35. The Hall–Kier alpha value is -1.38. The standard InChI is InChI=1S/C20H26F2O.H2/c1-13-3-5-14(6-4-13)15-7-9-16(10-8-15)17-11-12-18(23-2)20(22)19(17)21;/h9,11-15H,3-8,10H2,1-2H3;1H. The normalized spacial score (nSPS) is 28.3.